The first kappa shape index (κ1) is 26.5. The Hall–Kier alpha value is -3.71. The molecule has 34 heavy (non-hydrogen) atoms. The summed E-state index contributed by atoms with van der Waals surface area (Å²) in [7, 11) is 3.10. The maximum atomic E-state index is 10.1. The Morgan fingerprint density at radius 2 is 1.79 bits per heavy atom. The molecule has 2 aromatic rings. The zero-order chi connectivity index (χ0) is 25.1. The van der Waals surface area contributed by atoms with Gasteiger partial charge in [-0.1, -0.05) is 18.7 Å². The van der Waals surface area contributed by atoms with Gasteiger partial charge >= 0.3 is 0 Å². The van der Waals surface area contributed by atoms with Crippen LogP contribution in [0.2, 0.25) is 0 Å². The van der Waals surface area contributed by atoms with Gasteiger partial charge in [-0.2, -0.15) is 0 Å². The molecule has 0 saturated carbocycles. The lowest BCUT2D eigenvalue weighted by Crippen LogP contribution is -1.95. The van der Waals surface area contributed by atoms with Crippen LogP contribution in [0.1, 0.15) is 25.0 Å². The van der Waals surface area contributed by atoms with E-state index in [9.17, 15) is 15.3 Å². The standard InChI is InChI=1S/C27H31NO5S/c1-18(6-7-20(3)29)19(2)10-12-28-24-14-21(8-9-26(24)32-4)17-34-13-11-23-25(31)15-22(30)16-27(23)33-5/h6-16,28-31H,2,17H2,1,3-5H3/b12-10-,13-11+,18-6+,20-7+. The van der Waals surface area contributed by atoms with Crippen LogP contribution in [0.5, 0.6) is 23.0 Å². The zero-order valence-electron chi connectivity index (χ0n) is 19.8. The third-order valence-electron chi connectivity index (χ3n) is 4.77. The normalized spacial score (nSPS) is 12.4. The lowest BCUT2D eigenvalue weighted by Gasteiger charge is -2.11. The number of phenols is 2. The molecule has 4 N–H and O–H groups in total. The molecule has 0 aliphatic rings. The molecule has 0 fully saturated rings. The van der Waals surface area contributed by atoms with Crippen molar-refractivity contribution >= 4 is 23.5 Å². The summed E-state index contributed by atoms with van der Waals surface area (Å²) < 4.78 is 10.7. The highest BCUT2D eigenvalue weighted by Crippen LogP contribution is 2.34. The van der Waals surface area contributed by atoms with Gasteiger partial charge in [-0.3, -0.25) is 0 Å². The topological polar surface area (TPSA) is 91.2 Å². The van der Waals surface area contributed by atoms with Crippen LogP contribution in [-0.2, 0) is 5.75 Å². The minimum absolute atomic E-state index is 0.0504. The summed E-state index contributed by atoms with van der Waals surface area (Å²) in [6.07, 6.45) is 8.83. The molecule has 0 radical (unpaired) electrons. The van der Waals surface area contributed by atoms with Crippen LogP contribution < -0.4 is 14.8 Å². The molecular weight excluding hydrogens is 450 g/mol. The molecule has 0 heterocycles. The van der Waals surface area contributed by atoms with Crippen LogP contribution in [0.25, 0.3) is 6.08 Å². The molecule has 6 nitrogen and oxygen atoms in total. The van der Waals surface area contributed by atoms with Crippen molar-refractivity contribution in [2.75, 3.05) is 19.5 Å². The molecule has 2 rings (SSSR count). The fraction of sp³-hybridized carbons (Fsp3) is 0.185. The van der Waals surface area contributed by atoms with E-state index in [1.165, 1.54) is 19.2 Å². The Morgan fingerprint density at radius 3 is 2.47 bits per heavy atom. The van der Waals surface area contributed by atoms with Crippen molar-refractivity contribution in [3.8, 4) is 23.0 Å². The first-order valence-corrected chi connectivity index (χ1v) is 11.5. The van der Waals surface area contributed by atoms with Gasteiger partial charge in [0.05, 0.1) is 31.2 Å². The number of hydrogen-bond donors (Lipinski definition) is 4. The van der Waals surface area contributed by atoms with Gasteiger partial charge in [0.15, 0.2) is 0 Å². The van der Waals surface area contributed by atoms with E-state index in [1.807, 2.05) is 36.6 Å². The number of allylic oxidation sites excluding steroid dienone is 6. The van der Waals surface area contributed by atoms with E-state index < -0.39 is 0 Å². The molecule has 0 aliphatic heterocycles. The van der Waals surface area contributed by atoms with E-state index in [4.69, 9.17) is 9.47 Å². The van der Waals surface area contributed by atoms with Gasteiger partial charge in [0.2, 0.25) is 0 Å². The molecule has 7 heteroatoms. The Balaban J connectivity index is 2.05. The second kappa shape index (κ2) is 13.1. The Morgan fingerprint density at radius 1 is 1.06 bits per heavy atom. The highest BCUT2D eigenvalue weighted by Gasteiger charge is 2.08. The number of thioether (sulfide) groups is 1. The molecule has 0 bridgehead atoms. The third-order valence-corrected chi connectivity index (χ3v) is 5.60. The van der Waals surface area contributed by atoms with Crippen LogP contribution in [0.4, 0.5) is 5.69 Å². The lowest BCUT2D eigenvalue weighted by molar-refractivity contribution is 0.396. The summed E-state index contributed by atoms with van der Waals surface area (Å²) in [5, 5.41) is 34.1. The van der Waals surface area contributed by atoms with Crippen LogP contribution in [0.15, 0.2) is 83.7 Å². The third kappa shape index (κ3) is 8.01. The fourth-order valence-corrected chi connectivity index (χ4v) is 3.57. The number of nitrogens with one attached hydrogen (secondary N) is 1. The first-order chi connectivity index (χ1) is 16.2. The highest BCUT2D eigenvalue weighted by molar-refractivity contribution is 8.01. The van der Waals surface area contributed by atoms with Gasteiger partial charge in [0.1, 0.15) is 23.0 Å². The summed E-state index contributed by atoms with van der Waals surface area (Å²) in [4.78, 5) is 0. The second-order valence-corrected chi connectivity index (χ2v) is 8.28. The quantitative estimate of drug-likeness (QED) is 0.205. The van der Waals surface area contributed by atoms with Crippen molar-refractivity contribution in [3.05, 3.63) is 94.8 Å². The Labute approximate surface area is 205 Å². The van der Waals surface area contributed by atoms with Crippen molar-refractivity contribution in [3.63, 3.8) is 0 Å². The number of aliphatic hydroxyl groups excluding tert-OH is 1. The summed E-state index contributed by atoms with van der Waals surface area (Å²) in [6, 6.07) is 8.63. The highest BCUT2D eigenvalue weighted by atomic mass is 32.2. The summed E-state index contributed by atoms with van der Waals surface area (Å²) >= 11 is 1.55. The smallest absolute Gasteiger partial charge is 0.142 e. The van der Waals surface area contributed by atoms with E-state index >= 15 is 0 Å². The minimum Gasteiger partial charge on any atom is -0.513 e. The fourth-order valence-electron chi connectivity index (χ4n) is 2.87. The van der Waals surface area contributed by atoms with Gasteiger partial charge < -0.3 is 30.1 Å². The zero-order valence-corrected chi connectivity index (χ0v) is 20.6. The number of phenolic OH excluding ortho intramolecular Hbond substituents is 2. The molecule has 180 valence electrons. The van der Waals surface area contributed by atoms with E-state index in [0.29, 0.717) is 22.8 Å². The molecule has 0 saturated heterocycles. The Kier molecular flexibility index (Phi) is 10.2. The van der Waals surface area contributed by atoms with Gasteiger partial charge in [-0.15, -0.1) is 11.8 Å². The van der Waals surface area contributed by atoms with E-state index in [0.717, 1.165) is 22.4 Å². The second-order valence-electron chi connectivity index (χ2n) is 7.39. The predicted octanol–water partition coefficient (Wildman–Crippen LogP) is 6.91. The molecular formula is C27H31NO5S. The maximum Gasteiger partial charge on any atom is 0.142 e. The van der Waals surface area contributed by atoms with Gasteiger partial charge in [0, 0.05) is 24.1 Å². The molecule has 0 amide bonds. The van der Waals surface area contributed by atoms with Crippen molar-refractivity contribution < 1.29 is 24.8 Å². The van der Waals surface area contributed by atoms with Gasteiger partial charge in [-0.05, 0) is 66.3 Å². The summed E-state index contributed by atoms with van der Waals surface area (Å²) in [6.45, 7) is 7.57. The van der Waals surface area contributed by atoms with Crippen molar-refractivity contribution in [2.24, 2.45) is 0 Å². The van der Waals surface area contributed by atoms with Crippen molar-refractivity contribution in [1.82, 2.24) is 0 Å². The molecule has 0 unspecified atom stereocenters. The van der Waals surface area contributed by atoms with Gasteiger partial charge in [0.25, 0.3) is 0 Å². The largest absolute Gasteiger partial charge is 0.513 e. The number of hydrogen-bond acceptors (Lipinski definition) is 7. The maximum absolute atomic E-state index is 10.1. The van der Waals surface area contributed by atoms with E-state index in [2.05, 4.69) is 11.9 Å². The molecule has 0 aliphatic carbocycles. The molecule has 0 atom stereocenters. The van der Waals surface area contributed by atoms with Crippen molar-refractivity contribution in [2.45, 2.75) is 19.6 Å². The average molecular weight is 482 g/mol. The molecule has 0 spiro atoms. The summed E-state index contributed by atoms with van der Waals surface area (Å²) in [5.41, 5.74) is 4.15. The van der Waals surface area contributed by atoms with Crippen LogP contribution in [-0.4, -0.2) is 29.5 Å². The van der Waals surface area contributed by atoms with E-state index in [-0.39, 0.29) is 17.3 Å². The van der Waals surface area contributed by atoms with Crippen LogP contribution in [0.3, 0.4) is 0 Å². The number of aromatic hydroxyl groups is 2. The molecule has 2 aromatic carbocycles. The number of anilines is 1. The Bertz CT molecular complexity index is 1130. The number of ether oxygens (including phenoxy) is 2. The molecule has 0 aromatic heterocycles. The number of aliphatic hydroxyl groups is 1. The average Bonchev–Trinajstić information content (AvgIpc) is 2.80. The number of methoxy groups -OCH3 is 2. The SMILES string of the molecule is C=C(/C=C\Nc1cc(CS/C=C/c2c(O)cc(O)cc2OC)ccc1OC)/C(C)=C/C=C(\C)O. The van der Waals surface area contributed by atoms with Crippen LogP contribution >= 0.6 is 11.8 Å². The lowest BCUT2D eigenvalue weighted by atomic mass is 10.1. The number of rotatable bonds is 11. The van der Waals surface area contributed by atoms with Crippen LogP contribution in [0, 0.1) is 0 Å². The summed E-state index contributed by atoms with van der Waals surface area (Å²) in [5.74, 6) is 1.93. The van der Waals surface area contributed by atoms with Gasteiger partial charge in [-0.25, -0.2) is 0 Å². The van der Waals surface area contributed by atoms with E-state index in [1.54, 1.807) is 50.2 Å². The van der Waals surface area contributed by atoms with Crippen molar-refractivity contribution in [1.29, 1.82) is 0 Å². The minimum atomic E-state index is -0.0571. The monoisotopic (exact) mass is 481 g/mol. The number of benzene rings is 2. The first-order valence-electron chi connectivity index (χ1n) is 10.5. The predicted molar refractivity (Wildman–Crippen MR) is 142 cm³/mol.